The Morgan fingerprint density at radius 1 is 1.38 bits per heavy atom. The van der Waals surface area contributed by atoms with Crippen LogP contribution in [-0.4, -0.2) is 30.5 Å². The molecule has 0 radical (unpaired) electrons. The minimum absolute atomic E-state index is 0.202. The molecule has 13 heavy (non-hydrogen) atoms. The fourth-order valence-corrected chi connectivity index (χ4v) is 1.99. The third-order valence-electron chi connectivity index (χ3n) is 3.14. The van der Waals surface area contributed by atoms with Gasteiger partial charge in [-0.2, -0.15) is 0 Å². The second-order valence-electron chi connectivity index (χ2n) is 4.50. The highest BCUT2D eigenvalue weighted by molar-refractivity contribution is 5.23. The summed E-state index contributed by atoms with van der Waals surface area (Å²) in [5, 5.41) is 10.4. The minimum atomic E-state index is -0.816. The summed E-state index contributed by atoms with van der Waals surface area (Å²) in [6, 6.07) is 0. The number of hydrogen-bond donors (Lipinski definition) is 1. The van der Waals surface area contributed by atoms with Crippen LogP contribution in [-0.2, 0) is 9.47 Å². The molecule has 74 valence electrons. The topological polar surface area (TPSA) is 38.7 Å². The van der Waals surface area contributed by atoms with Gasteiger partial charge in [-0.25, -0.2) is 0 Å². The number of aliphatic hydroxyl groups is 1. The average Bonchev–Trinajstić information content (AvgIpc) is 2.61. The standard InChI is InChI=1S/C10H16O3/c1-9(2)6-13-7-10(9,11)8-3-4-12-5-8/h5,11H,3-4,6-7H2,1-2H3. The van der Waals surface area contributed by atoms with E-state index in [1.165, 1.54) is 0 Å². The highest BCUT2D eigenvalue weighted by Crippen LogP contribution is 2.44. The van der Waals surface area contributed by atoms with Crippen LogP contribution in [0.5, 0.6) is 0 Å². The maximum atomic E-state index is 10.4. The fourth-order valence-electron chi connectivity index (χ4n) is 1.99. The molecule has 3 nitrogen and oxygen atoms in total. The van der Waals surface area contributed by atoms with Gasteiger partial charge in [-0.3, -0.25) is 0 Å². The first-order chi connectivity index (χ1) is 6.06. The largest absolute Gasteiger partial charge is 0.501 e. The summed E-state index contributed by atoms with van der Waals surface area (Å²) in [4.78, 5) is 0. The first-order valence-corrected chi connectivity index (χ1v) is 4.67. The summed E-state index contributed by atoms with van der Waals surface area (Å²) in [7, 11) is 0. The van der Waals surface area contributed by atoms with Crippen LogP contribution in [0, 0.1) is 5.41 Å². The van der Waals surface area contributed by atoms with Crippen molar-refractivity contribution in [3.05, 3.63) is 11.8 Å². The van der Waals surface area contributed by atoms with Gasteiger partial charge < -0.3 is 14.6 Å². The zero-order chi connectivity index (χ0) is 9.53. The third-order valence-corrected chi connectivity index (χ3v) is 3.14. The fraction of sp³-hybridized carbons (Fsp3) is 0.800. The van der Waals surface area contributed by atoms with Crippen molar-refractivity contribution in [2.24, 2.45) is 5.41 Å². The molecule has 0 bridgehead atoms. The van der Waals surface area contributed by atoms with Gasteiger partial charge in [0.15, 0.2) is 0 Å². The molecule has 3 heteroatoms. The van der Waals surface area contributed by atoms with E-state index in [0.29, 0.717) is 19.8 Å². The van der Waals surface area contributed by atoms with Crippen molar-refractivity contribution in [2.45, 2.75) is 25.9 Å². The van der Waals surface area contributed by atoms with Gasteiger partial charge in [-0.05, 0) is 0 Å². The lowest BCUT2D eigenvalue weighted by atomic mass is 9.73. The zero-order valence-electron chi connectivity index (χ0n) is 8.17. The summed E-state index contributed by atoms with van der Waals surface area (Å²) in [6.45, 7) is 5.75. The van der Waals surface area contributed by atoms with E-state index in [1.54, 1.807) is 6.26 Å². The molecule has 0 saturated carbocycles. The van der Waals surface area contributed by atoms with Crippen molar-refractivity contribution >= 4 is 0 Å². The van der Waals surface area contributed by atoms with E-state index in [0.717, 1.165) is 12.0 Å². The van der Waals surface area contributed by atoms with Gasteiger partial charge in [0.25, 0.3) is 0 Å². The van der Waals surface area contributed by atoms with Crippen molar-refractivity contribution in [1.29, 1.82) is 0 Å². The molecule has 2 aliphatic rings. The predicted octanol–water partition coefficient (Wildman–Crippen LogP) is 1.08. The number of hydrogen-bond acceptors (Lipinski definition) is 3. The van der Waals surface area contributed by atoms with Crippen molar-refractivity contribution < 1.29 is 14.6 Å². The van der Waals surface area contributed by atoms with Gasteiger partial charge in [0.2, 0.25) is 0 Å². The Morgan fingerprint density at radius 3 is 2.62 bits per heavy atom. The Kier molecular flexibility index (Phi) is 1.89. The molecule has 0 aliphatic carbocycles. The van der Waals surface area contributed by atoms with Crippen LogP contribution in [0.2, 0.25) is 0 Å². The van der Waals surface area contributed by atoms with Gasteiger partial charge in [0.1, 0.15) is 5.60 Å². The van der Waals surface area contributed by atoms with Crippen LogP contribution in [0.1, 0.15) is 20.3 Å². The highest BCUT2D eigenvalue weighted by Gasteiger charge is 2.51. The van der Waals surface area contributed by atoms with E-state index >= 15 is 0 Å². The minimum Gasteiger partial charge on any atom is -0.501 e. The lowest BCUT2D eigenvalue weighted by Crippen LogP contribution is -2.45. The highest BCUT2D eigenvalue weighted by atomic mass is 16.5. The molecular weight excluding hydrogens is 168 g/mol. The van der Waals surface area contributed by atoms with Crippen molar-refractivity contribution in [1.82, 2.24) is 0 Å². The monoisotopic (exact) mass is 184 g/mol. The quantitative estimate of drug-likeness (QED) is 0.662. The molecular formula is C10H16O3. The Bertz CT molecular complexity index is 245. The molecule has 0 aromatic rings. The zero-order valence-corrected chi connectivity index (χ0v) is 8.17. The van der Waals surface area contributed by atoms with Crippen LogP contribution >= 0.6 is 0 Å². The molecule has 2 rings (SSSR count). The van der Waals surface area contributed by atoms with Crippen LogP contribution in [0.25, 0.3) is 0 Å². The maximum absolute atomic E-state index is 10.4. The van der Waals surface area contributed by atoms with E-state index in [2.05, 4.69) is 0 Å². The van der Waals surface area contributed by atoms with Gasteiger partial charge in [-0.15, -0.1) is 0 Å². The Balaban J connectivity index is 2.28. The lowest BCUT2D eigenvalue weighted by Gasteiger charge is -2.34. The molecule has 2 heterocycles. The van der Waals surface area contributed by atoms with E-state index in [1.807, 2.05) is 13.8 Å². The van der Waals surface area contributed by atoms with Crippen LogP contribution in [0.3, 0.4) is 0 Å². The first-order valence-electron chi connectivity index (χ1n) is 4.67. The smallest absolute Gasteiger partial charge is 0.119 e. The van der Waals surface area contributed by atoms with Gasteiger partial charge >= 0.3 is 0 Å². The Labute approximate surface area is 78.3 Å². The van der Waals surface area contributed by atoms with Crippen molar-refractivity contribution in [3.8, 4) is 0 Å². The molecule has 1 unspecified atom stereocenters. The molecule has 1 saturated heterocycles. The Hall–Kier alpha value is -0.540. The molecule has 0 amide bonds. The normalized spacial score (nSPS) is 37.3. The van der Waals surface area contributed by atoms with Gasteiger partial charge in [0, 0.05) is 17.4 Å². The number of rotatable bonds is 1. The predicted molar refractivity (Wildman–Crippen MR) is 48.2 cm³/mol. The van der Waals surface area contributed by atoms with E-state index in [-0.39, 0.29) is 5.41 Å². The molecule has 1 atom stereocenters. The van der Waals surface area contributed by atoms with Crippen molar-refractivity contribution in [3.63, 3.8) is 0 Å². The molecule has 0 aromatic heterocycles. The van der Waals surface area contributed by atoms with E-state index in [4.69, 9.17) is 9.47 Å². The Morgan fingerprint density at radius 2 is 2.15 bits per heavy atom. The summed E-state index contributed by atoms with van der Waals surface area (Å²) < 4.78 is 10.5. The number of ether oxygens (including phenoxy) is 2. The molecule has 0 aromatic carbocycles. The summed E-state index contributed by atoms with van der Waals surface area (Å²) in [5.74, 6) is 0. The molecule has 2 aliphatic heterocycles. The summed E-state index contributed by atoms with van der Waals surface area (Å²) in [5.41, 5.74) is -0.0363. The van der Waals surface area contributed by atoms with Crippen LogP contribution < -0.4 is 0 Å². The van der Waals surface area contributed by atoms with Gasteiger partial charge in [0.05, 0.1) is 26.1 Å². The van der Waals surface area contributed by atoms with E-state index in [9.17, 15) is 5.11 Å². The lowest BCUT2D eigenvalue weighted by molar-refractivity contribution is 0.000607. The van der Waals surface area contributed by atoms with Crippen LogP contribution in [0.4, 0.5) is 0 Å². The average molecular weight is 184 g/mol. The molecule has 0 spiro atoms. The van der Waals surface area contributed by atoms with E-state index < -0.39 is 5.60 Å². The summed E-state index contributed by atoms with van der Waals surface area (Å²) in [6.07, 6.45) is 2.51. The maximum Gasteiger partial charge on any atom is 0.119 e. The van der Waals surface area contributed by atoms with Crippen molar-refractivity contribution in [2.75, 3.05) is 19.8 Å². The van der Waals surface area contributed by atoms with Gasteiger partial charge in [-0.1, -0.05) is 13.8 Å². The van der Waals surface area contributed by atoms with Crippen LogP contribution in [0.15, 0.2) is 11.8 Å². The second kappa shape index (κ2) is 2.72. The SMILES string of the molecule is CC1(C)COCC1(O)C1=COCC1. The third kappa shape index (κ3) is 1.18. The summed E-state index contributed by atoms with van der Waals surface area (Å²) >= 11 is 0. The second-order valence-corrected chi connectivity index (χ2v) is 4.50. The first kappa shape index (κ1) is 9.03. The molecule has 1 N–H and O–H groups in total. The molecule has 1 fully saturated rings.